The summed E-state index contributed by atoms with van der Waals surface area (Å²) in [5, 5.41) is 3.43. The van der Waals surface area contributed by atoms with Crippen LogP contribution in [-0.4, -0.2) is 13.1 Å². The molecule has 112 valence electrons. The molecule has 0 bridgehead atoms. The molecule has 2 heterocycles. The minimum atomic E-state index is -0.139. The van der Waals surface area contributed by atoms with Crippen molar-refractivity contribution in [3.05, 3.63) is 70.5 Å². The van der Waals surface area contributed by atoms with Gasteiger partial charge in [-0.05, 0) is 66.4 Å². The standard InChI is InChI=1S/C19H18FNS/c20-15-5-6-16-14(11-15)12-22-18-4-2-1-3-17(18)19(16)13-7-9-21-10-8-13/h1-6,11,21H,7-10,12H2. The zero-order chi connectivity index (χ0) is 14.9. The Morgan fingerprint density at radius 3 is 2.64 bits per heavy atom. The molecule has 0 saturated carbocycles. The predicted octanol–water partition coefficient (Wildman–Crippen LogP) is 4.62. The highest BCUT2D eigenvalue weighted by Gasteiger charge is 2.22. The van der Waals surface area contributed by atoms with Crippen LogP contribution in [0.1, 0.15) is 29.5 Å². The number of rotatable bonds is 0. The fraction of sp³-hybridized carbons (Fsp3) is 0.263. The van der Waals surface area contributed by atoms with Crippen LogP contribution in [0.25, 0.3) is 5.57 Å². The zero-order valence-electron chi connectivity index (χ0n) is 12.4. The first kappa shape index (κ1) is 14.0. The van der Waals surface area contributed by atoms with Crippen LogP contribution in [-0.2, 0) is 5.75 Å². The lowest BCUT2D eigenvalue weighted by atomic mass is 9.87. The highest BCUT2D eigenvalue weighted by atomic mass is 32.2. The number of piperidine rings is 1. The van der Waals surface area contributed by atoms with E-state index in [9.17, 15) is 4.39 Å². The summed E-state index contributed by atoms with van der Waals surface area (Å²) in [5.41, 5.74) is 6.49. The third-order valence-corrected chi connectivity index (χ3v) is 5.56. The third-order valence-electron chi connectivity index (χ3n) is 4.44. The normalized spacial score (nSPS) is 17.7. The molecule has 0 unspecified atom stereocenters. The van der Waals surface area contributed by atoms with Crippen molar-refractivity contribution in [3.8, 4) is 0 Å². The van der Waals surface area contributed by atoms with Gasteiger partial charge in [0.15, 0.2) is 0 Å². The SMILES string of the molecule is Fc1ccc2c(c1)CSc1ccccc1C2=C1CCNCC1. The van der Waals surface area contributed by atoms with E-state index in [0.717, 1.165) is 37.2 Å². The summed E-state index contributed by atoms with van der Waals surface area (Å²) < 4.78 is 13.7. The van der Waals surface area contributed by atoms with Gasteiger partial charge in [-0.1, -0.05) is 29.8 Å². The van der Waals surface area contributed by atoms with Crippen LogP contribution in [0.4, 0.5) is 4.39 Å². The fourth-order valence-electron chi connectivity index (χ4n) is 3.38. The van der Waals surface area contributed by atoms with Gasteiger partial charge in [0.2, 0.25) is 0 Å². The molecule has 0 atom stereocenters. The summed E-state index contributed by atoms with van der Waals surface area (Å²) >= 11 is 1.81. The lowest BCUT2D eigenvalue weighted by Crippen LogP contribution is -2.24. The molecule has 0 aliphatic carbocycles. The largest absolute Gasteiger partial charge is 0.316 e. The van der Waals surface area contributed by atoms with Gasteiger partial charge in [0, 0.05) is 10.6 Å². The molecule has 1 N–H and O–H groups in total. The molecule has 2 aromatic carbocycles. The first-order valence-electron chi connectivity index (χ1n) is 7.76. The number of benzene rings is 2. The summed E-state index contributed by atoms with van der Waals surface area (Å²) in [6, 6.07) is 13.9. The summed E-state index contributed by atoms with van der Waals surface area (Å²) in [6.45, 7) is 2.06. The summed E-state index contributed by atoms with van der Waals surface area (Å²) in [7, 11) is 0. The van der Waals surface area contributed by atoms with E-state index in [4.69, 9.17) is 0 Å². The Morgan fingerprint density at radius 2 is 1.77 bits per heavy atom. The third kappa shape index (κ3) is 2.49. The first-order chi connectivity index (χ1) is 10.8. The summed E-state index contributed by atoms with van der Waals surface area (Å²) in [4.78, 5) is 1.31. The number of thioether (sulfide) groups is 1. The quantitative estimate of drug-likeness (QED) is 0.762. The molecule has 0 spiro atoms. The molecular weight excluding hydrogens is 293 g/mol. The molecule has 1 nitrogen and oxygen atoms in total. The van der Waals surface area contributed by atoms with E-state index in [2.05, 4.69) is 29.6 Å². The summed E-state index contributed by atoms with van der Waals surface area (Å²) in [5.74, 6) is 0.694. The highest BCUT2D eigenvalue weighted by Crippen LogP contribution is 2.42. The predicted molar refractivity (Wildman–Crippen MR) is 90.5 cm³/mol. The van der Waals surface area contributed by atoms with E-state index in [1.807, 2.05) is 17.8 Å². The van der Waals surface area contributed by atoms with Crippen molar-refractivity contribution < 1.29 is 4.39 Å². The molecule has 0 amide bonds. The Morgan fingerprint density at radius 1 is 0.955 bits per heavy atom. The molecule has 1 fully saturated rings. The molecule has 3 heteroatoms. The second-order valence-corrected chi connectivity index (χ2v) is 6.83. The Balaban J connectivity index is 1.98. The van der Waals surface area contributed by atoms with Gasteiger partial charge in [0.1, 0.15) is 5.82 Å². The van der Waals surface area contributed by atoms with Gasteiger partial charge in [-0.3, -0.25) is 0 Å². The van der Waals surface area contributed by atoms with Gasteiger partial charge in [-0.2, -0.15) is 0 Å². The van der Waals surface area contributed by atoms with E-state index in [1.54, 1.807) is 12.1 Å². The van der Waals surface area contributed by atoms with Crippen LogP contribution in [0.2, 0.25) is 0 Å². The minimum Gasteiger partial charge on any atom is -0.316 e. The van der Waals surface area contributed by atoms with Crippen molar-refractivity contribution >= 4 is 17.3 Å². The van der Waals surface area contributed by atoms with E-state index in [1.165, 1.54) is 27.2 Å². The minimum absolute atomic E-state index is 0.139. The van der Waals surface area contributed by atoms with Crippen molar-refractivity contribution in [2.75, 3.05) is 13.1 Å². The monoisotopic (exact) mass is 311 g/mol. The Labute approximate surface area is 134 Å². The highest BCUT2D eigenvalue weighted by molar-refractivity contribution is 7.98. The van der Waals surface area contributed by atoms with Crippen molar-refractivity contribution in [2.24, 2.45) is 0 Å². The lowest BCUT2D eigenvalue weighted by molar-refractivity contribution is 0.611. The number of hydrogen-bond donors (Lipinski definition) is 1. The topological polar surface area (TPSA) is 12.0 Å². The van der Waals surface area contributed by atoms with E-state index < -0.39 is 0 Å². The molecule has 2 aromatic rings. The van der Waals surface area contributed by atoms with Gasteiger partial charge in [0.05, 0.1) is 0 Å². The van der Waals surface area contributed by atoms with Crippen molar-refractivity contribution in [1.29, 1.82) is 0 Å². The maximum atomic E-state index is 13.7. The molecule has 22 heavy (non-hydrogen) atoms. The van der Waals surface area contributed by atoms with Gasteiger partial charge in [0.25, 0.3) is 0 Å². The van der Waals surface area contributed by atoms with Gasteiger partial charge in [-0.25, -0.2) is 4.39 Å². The maximum Gasteiger partial charge on any atom is 0.123 e. The lowest BCUT2D eigenvalue weighted by Gasteiger charge is -2.22. The van der Waals surface area contributed by atoms with Gasteiger partial charge < -0.3 is 5.32 Å². The smallest absolute Gasteiger partial charge is 0.123 e. The summed E-state index contributed by atoms with van der Waals surface area (Å²) in [6.07, 6.45) is 2.15. The fourth-order valence-corrected chi connectivity index (χ4v) is 4.43. The van der Waals surface area contributed by atoms with Gasteiger partial charge in [-0.15, -0.1) is 11.8 Å². The average molecular weight is 311 g/mol. The average Bonchev–Trinajstić information content (AvgIpc) is 2.72. The number of hydrogen-bond acceptors (Lipinski definition) is 2. The van der Waals surface area contributed by atoms with Crippen molar-refractivity contribution in [3.63, 3.8) is 0 Å². The zero-order valence-corrected chi connectivity index (χ0v) is 13.2. The molecule has 1 saturated heterocycles. The van der Waals surface area contributed by atoms with E-state index in [-0.39, 0.29) is 5.82 Å². The van der Waals surface area contributed by atoms with Crippen LogP contribution in [0, 0.1) is 5.82 Å². The van der Waals surface area contributed by atoms with E-state index >= 15 is 0 Å². The number of halogens is 1. The van der Waals surface area contributed by atoms with Crippen LogP contribution >= 0.6 is 11.8 Å². The number of fused-ring (bicyclic) bond motifs is 2. The van der Waals surface area contributed by atoms with Gasteiger partial charge >= 0.3 is 0 Å². The Kier molecular flexibility index (Phi) is 3.77. The van der Waals surface area contributed by atoms with E-state index in [0.29, 0.717) is 0 Å². The maximum absolute atomic E-state index is 13.7. The van der Waals surface area contributed by atoms with Crippen LogP contribution < -0.4 is 5.32 Å². The Hall–Kier alpha value is -1.58. The second-order valence-electron chi connectivity index (χ2n) is 5.81. The molecule has 0 radical (unpaired) electrons. The van der Waals surface area contributed by atoms with Crippen molar-refractivity contribution in [1.82, 2.24) is 5.32 Å². The molecule has 4 rings (SSSR count). The molecule has 2 aliphatic rings. The van der Waals surface area contributed by atoms with Crippen LogP contribution in [0.3, 0.4) is 0 Å². The Bertz CT molecular complexity index is 743. The van der Waals surface area contributed by atoms with Crippen LogP contribution in [0.15, 0.2) is 52.9 Å². The van der Waals surface area contributed by atoms with Crippen LogP contribution in [0.5, 0.6) is 0 Å². The molecular formula is C19H18FNS. The molecule has 0 aromatic heterocycles. The van der Waals surface area contributed by atoms with Crippen molar-refractivity contribution in [2.45, 2.75) is 23.5 Å². The second kappa shape index (κ2) is 5.90. The first-order valence-corrected chi connectivity index (χ1v) is 8.75. The number of nitrogens with one attached hydrogen (secondary N) is 1. The molecule has 2 aliphatic heterocycles.